The van der Waals surface area contributed by atoms with Crippen LogP contribution in [0.5, 0.6) is 0 Å². The van der Waals surface area contributed by atoms with Gasteiger partial charge in [0.2, 0.25) is 5.78 Å². The standard InChI is InChI=1S/C24H16F2N4O2/c25-17-6-5-14(11-20(31)21-4-2-10-32-21)22(26)16(17)12-19-15(3-1-8-27-19)23-24-18(7-9-28-24)29-13-30-23/h1-6,8-10,13H,7,11-12H2. The molecule has 5 rings (SSSR count). The Kier molecular flexibility index (Phi) is 5.10. The highest BCUT2D eigenvalue weighted by molar-refractivity contribution is 5.95. The third kappa shape index (κ3) is 3.60. The Morgan fingerprint density at radius 2 is 1.97 bits per heavy atom. The number of furan rings is 1. The van der Waals surface area contributed by atoms with Crippen LogP contribution in [-0.2, 0) is 19.3 Å². The minimum Gasteiger partial charge on any atom is -0.461 e. The molecule has 4 heterocycles. The van der Waals surface area contributed by atoms with Gasteiger partial charge in [-0.1, -0.05) is 6.07 Å². The van der Waals surface area contributed by atoms with Gasteiger partial charge >= 0.3 is 0 Å². The molecule has 0 aliphatic carbocycles. The first-order chi connectivity index (χ1) is 15.6. The molecule has 8 heteroatoms. The minimum atomic E-state index is -0.771. The molecule has 1 aliphatic rings. The van der Waals surface area contributed by atoms with Crippen molar-refractivity contribution in [3.8, 4) is 11.3 Å². The number of halogens is 2. The second kappa shape index (κ2) is 8.22. The number of aliphatic imine (C=N–C) groups is 1. The van der Waals surface area contributed by atoms with E-state index in [9.17, 15) is 9.18 Å². The number of carbonyl (C=O) groups is 1. The summed E-state index contributed by atoms with van der Waals surface area (Å²) in [5.74, 6) is -1.74. The monoisotopic (exact) mass is 430 g/mol. The van der Waals surface area contributed by atoms with Crippen LogP contribution in [0.2, 0.25) is 0 Å². The maximum atomic E-state index is 15.3. The third-order valence-electron chi connectivity index (χ3n) is 5.31. The van der Waals surface area contributed by atoms with E-state index in [0.717, 1.165) is 5.69 Å². The van der Waals surface area contributed by atoms with Gasteiger partial charge < -0.3 is 4.42 Å². The summed E-state index contributed by atoms with van der Waals surface area (Å²) >= 11 is 0. The number of nitrogens with zero attached hydrogens (tertiary/aromatic N) is 4. The molecular weight excluding hydrogens is 414 g/mol. The molecule has 0 N–H and O–H groups in total. The molecule has 0 bridgehead atoms. The predicted molar refractivity (Wildman–Crippen MR) is 113 cm³/mol. The molecular formula is C24H16F2N4O2. The highest BCUT2D eigenvalue weighted by Gasteiger charge is 2.22. The summed E-state index contributed by atoms with van der Waals surface area (Å²) in [5, 5.41) is 0. The SMILES string of the molecule is O=C(Cc1ccc(F)c(Cc2ncccc2-c2ncnc3c2N=CC3)c1F)c1ccco1. The van der Waals surface area contributed by atoms with Crippen LogP contribution in [0, 0.1) is 11.6 Å². The molecule has 1 aromatic carbocycles. The number of Topliss-reactive ketones (excluding diaryl/α,β-unsaturated/α-hetero) is 1. The molecule has 3 aromatic heterocycles. The molecule has 0 amide bonds. The van der Waals surface area contributed by atoms with E-state index in [4.69, 9.17) is 4.42 Å². The molecule has 0 unspecified atom stereocenters. The average molecular weight is 430 g/mol. The lowest BCUT2D eigenvalue weighted by Crippen LogP contribution is -2.09. The number of pyridine rings is 1. The highest BCUT2D eigenvalue weighted by Crippen LogP contribution is 2.35. The number of benzene rings is 1. The van der Waals surface area contributed by atoms with Gasteiger partial charge in [-0.05, 0) is 35.9 Å². The molecule has 0 spiro atoms. The lowest BCUT2D eigenvalue weighted by atomic mass is 9.97. The van der Waals surface area contributed by atoms with Gasteiger partial charge in [0.1, 0.15) is 29.3 Å². The zero-order valence-corrected chi connectivity index (χ0v) is 16.8. The number of hydrogen-bond donors (Lipinski definition) is 0. The molecule has 0 saturated carbocycles. The smallest absolute Gasteiger partial charge is 0.202 e. The van der Waals surface area contributed by atoms with E-state index in [0.29, 0.717) is 29.1 Å². The fourth-order valence-corrected chi connectivity index (χ4v) is 3.72. The van der Waals surface area contributed by atoms with Gasteiger partial charge in [0.15, 0.2) is 5.76 Å². The molecule has 0 saturated heterocycles. The number of rotatable bonds is 6. The lowest BCUT2D eigenvalue weighted by molar-refractivity contribution is 0.0965. The summed E-state index contributed by atoms with van der Waals surface area (Å²) in [6.07, 6.45) is 6.38. The van der Waals surface area contributed by atoms with Crippen LogP contribution in [0.15, 0.2) is 64.6 Å². The quantitative estimate of drug-likeness (QED) is 0.415. The number of carbonyl (C=O) groups excluding carboxylic acids is 1. The fraction of sp³-hybridized carbons (Fsp3) is 0.125. The van der Waals surface area contributed by atoms with Crippen molar-refractivity contribution in [3.63, 3.8) is 0 Å². The lowest BCUT2D eigenvalue weighted by Gasteiger charge is -2.13. The van der Waals surface area contributed by atoms with Crippen molar-refractivity contribution < 1.29 is 18.0 Å². The normalized spacial score (nSPS) is 12.2. The van der Waals surface area contributed by atoms with Crippen molar-refractivity contribution in [1.29, 1.82) is 0 Å². The van der Waals surface area contributed by atoms with Crippen molar-refractivity contribution in [2.45, 2.75) is 19.3 Å². The zero-order valence-electron chi connectivity index (χ0n) is 16.8. The topological polar surface area (TPSA) is 81.2 Å². The van der Waals surface area contributed by atoms with Crippen LogP contribution >= 0.6 is 0 Å². The summed E-state index contributed by atoms with van der Waals surface area (Å²) in [6, 6.07) is 9.05. The van der Waals surface area contributed by atoms with E-state index in [-0.39, 0.29) is 35.5 Å². The third-order valence-corrected chi connectivity index (χ3v) is 5.31. The Hall–Kier alpha value is -4.07. The Labute approximate surface area is 181 Å². The Morgan fingerprint density at radius 1 is 1.06 bits per heavy atom. The largest absolute Gasteiger partial charge is 0.461 e. The molecule has 158 valence electrons. The summed E-state index contributed by atoms with van der Waals surface area (Å²) in [4.78, 5) is 29.6. The molecule has 32 heavy (non-hydrogen) atoms. The molecule has 0 fully saturated rings. The van der Waals surface area contributed by atoms with Crippen LogP contribution in [-0.4, -0.2) is 26.9 Å². The van der Waals surface area contributed by atoms with Gasteiger partial charge in [-0.15, -0.1) is 0 Å². The van der Waals surface area contributed by atoms with E-state index in [1.165, 1.54) is 30.8 Å². The minimum absolute atomic E-state index is 0.0906. The molecule has 4 aromatic rings. The second-order valence-electron chi connectivity index (χ2n) is 7.28. The number of aromatic nitrogens is 3. The number of fused-ring (bicyclic) bond motifs is 1. The van der Waals surface area contributed by atoms with Crippen molar-refractivity contribution in [2.75, 3.05) is 0 Å². The Morgan fingerprint density at radius 3 is 2.81 bits per heavy atom. The maximum absolute atomic E-state index is 15.3. The van der Waals surface area contributed by atoms with E-state index >= 15 is 4.39 Å². The Bertz CT molecular complexity index is 1350. The summed E-state index contributed by atoms with van der Waals surface area (Å²) < 4.78 is 35.0. The van der Waals surface area contributed by atoms with Crippen LogP contribution in [0.4, 0.5) is 14.5 Å². The molecule has 0 radical (unpaired) electrons. The zero-order chi connectivity index (χ0) is 22.1. The summed E-state index contributed by atoms with van der Waals surface area (Å²) in [6.45, 7) is 0. The van der Waals surface area contributed by atoms with Crippen molar-refractivity contribution in [1.82, 2.24) is 15.0 Å². The summed E-state index contributed by atoms with van der Waals surface area (Å²) in [7, 11) is 0. The van der Waals surface area contributed by atoms with E-state index in [2.05, 4.69) is 19.9 Å². The van der Waals surface area contributed by atoms with Gasteiger partial charge in [-0.25, -0.2) is 18.7 Å². The molecule has 6 nitrogen and oxygen atoms in total. The Balaban J connectivity index is 1.51. The van der Waals surface area contributed by atoms with Gasteiger partial charge in [0.25, 0.3) is 0 Å². The average Bonchev–Trinajstić information content (AvgIpc) is 3.51. The van der Waals surface area contributed by atoms with Crippen LogP contribution in [0.1, 0.15) is 33.1 Å². The van der Waals surface area contributed by atoms with Crippen LogP contribution in [0.3, 0.4) is 0 Å². The number of hydrogen-bond acceptors (Lipinski definition) is 6. The molecule has 0 atom stereocenters. The number of ketones is 1. The van der Waals surface area contributed by atoms with Gasteiger partial charge in [0, 0.05) is 42.8 Å². The maximum Gasteiger partial charge on any atom is 0.202 e. The van der Waals surface area contributed by atoms with Gasteiger partial charge in [-0.2, -0.15) is 0 Å². The van der Waals surface area contributed by atoms with E-state index in [1.54, 1.807) is 30.6 Å². The fourth-order valence-electron chi connectivity index (χ4n) is 3.72. The van der Waals surface area contributed by atoms with Crippen LogP contribution in [0.25, 0.3) is 11.3 Å². The first-order valence-corrected chi connectivity index (χ1v) is 9.95. The van der Waals surface area contributed by atoms with Crippen LogP contribution < -0.4 is 0 Å². The van der Waals surface area contributed by atoms with E-state index < -0.39 is 11.6 Å². The second-order valence-corrected chi connectivity index (χ2v) is 7.28. The van der Waals surface area contributed by atoms with Gasteiger partial charge in [-0.3, -0.25) is 14.8 Å². The van der Waals surface area contributed by atoms with Gasteiger partial charge in [0.05, 0.1) is 17.7 Å². The first-order valence-electron chi connectivity index (χ1n) is 9.95. The van der Waals surface area contributed by atoms with Crippen molar-refractivity contribution in [2.24, 2.45) is 4.99 Å². The molecule has 1 aliphatic heterocycles. The van der Waals surface area contributed by atoms with Crippen molar-refractivity contribution in [3.05, 3.63) is 95.1 Å². The van der Waals surface area contributed by atoms with E-state index in [1.807, 2.05) is 0 Å². The first kappa shape index (κ1) is 19.9. The summed E-state index contributed by atoms with van der Waals surface area (Å²) in [5.41, 5.74) is 3.00. The van der Waals surface area contributed by atoms with Crippen molar-refractivity contribution >= 4 is 17.7 Å². The predicted octanol–water partition coefficient (Wildman–Crippen LogP) is 4.68. The highest BCUT2D eigenvalue weighted by atomic mass is 19.1.